The van der Waals surface area contributed by atoms with Crippen LogP contribution in [0.1, 0.15) is 12.5 Å². The fraction of sp³-hybridized carbons (Fsp3) is 0.529. The number of hydrogen-bond donors (Lipinski definition) is 1. The second-order valence-electron chi connectivity index (χ2n) is 6.52. The summed E-state index contributed by atoms with van der Waals surface area (Å²) in [4.78, 5) is 25.9. The van der Waals surface area contributed by atoms with Crippen molar-refractivity contribution >= 4 is 11.9 Å². The summed E-state index contributed by atoms with van der Waals surface area (Å²) in [6.45, 7) is 5.57. The van der Waals surface area contributed by atoms with Crippen LogP contribution < -0.4 is 5.32 Å². The smallest absolute Gasteiger partial charge is 0.328 e. The largest absolute Gasteiger partial charge is 0.459 e. The van der Waals surface area contributed by atoms with E-state index in [2.05, 4.69) is 10.2 Å². The Hall–Kier alpha value is -1.92. The first kappa shape index (κ1) is 16.0. The van der Waals surface area contributed by atoms with Crippen LogP contribution in [0.25, 0.3) is 0 Å². The van der Waals surface area contributed by atoms with Crippen molar-refractivity contribution in [2.75, 3.05) is 32.8 Å². The molecule has 0 aromatic heterocycles. The Bertz CT molecular complexity index is 563. The highest BCUT2D eigenvalue weighted by molar-refractivity contribution is 5.85. The van der Waals surface area contributed by atoms with Crippen LogP contribution in [0.2, 0.25) is 0 Å². The van der Waals surface area contributed by atoms with Crippen LogP contribution in [-0.2, 0) is 25.7 Å². The minimum atomic E-state index is -0.645. The van der Waals surface area contributed by atoms with Gasteiger partial charge in [-0.05, 0) is 12.5 Å². The molecule has 0 radical (unpaired) electrons. The molecule has 2 aliphatic rings. The Morgan fingerprint density at radius 1 is 1.30 bits per heavy atom. The van der Waals surface area contributed by atoms with E-state index in [0.29, 0.717) is 12.0 Å². The van der Waals surface area contributed by atoms with Gasteiger partial charge in [-0.1, -0.05) is 30.3 Å². The van der Waals surface area contributed by atoms with Gasteiger partial charge in [0.2, 0.25) is 5.91 Å². The molecule has 1 aromatic rings. The highest BCUT2D eigenvalue weighted by Crippen LogP contribution is 2.36. The number of amides is 1. The van der Waals surface area contributed by atoms with E-state index in [9.17, 15) is 9.59 Å². The van der Waals surface area contributed by atoms with Crippen LogP contribution in [0.5, 0.6) is 0 Å². The Morgan fingerprint density at radius 3 is 2.61 bits per heavy atom. The molecule has 2 aliphatic heterocycles. The fourth-order valence-corrected chi connectivity index (χ4v) is 2.99. The SMILES string of the molecule is C[C@H](NC(=O)CN1CC2(COC2)C1)C(=O)OCc1ccccc1. The van der Waals surface area contributed by atoms with Crippen molar-refractivity contribution in [3.05, 3.63) is 35.9 Å². The number of benzene rings is 1. The van der Waals surface area contributed by atoms with Gasteiger partial charge >= 0.3 is 5.97 Å². The van der Waals surface area contributed by atoms with Crippen LogP contribution in [0.4, 0.5) is 0 Å². The van der Waals surface area contributed by atoms with Gasteiger partial charge in [0.1, 0.15) is 12.6 Å². The van der Waals surface area contributed by atoms with Crippen LogP contribution >= 0.6 is 0 Å². The topological polar surface area (TPSA) is 67.9 Å². The predicted octanol–water partition coefficient (Wildman–Crippen LogP) is 0.567. The Balaban J connectivity index is 1.35. The van der Waals surface area contributed by atoms with Crippen LogP contribution in [0, 0.1) is 5.41 Å². The van der Waals surface area contributed by atoms with Crippen LogP contribution in [-0.4, -0.2) is 55.7 Å². The van der Waals surface area contributed by atoms with Gasteiger partial charge < -0.3 is 14.8 Å². The molecule has 2 saturated heterocycles. The van der Waals surface area contributed by atoms with E-state index in [1.165, 1.54) is 0 Å². The average Bonchev–Trinajstić information content (AvgIpc) is 2.47. The molecule has 0 aliphatic carbocycles. The van der Waals surface area contributed by atoms with Crippen molar-refractivity contribution in [3.8, 4) is 0 Å². The predicted molar refractivity (Wildman–Crippen MR) is 83.5 cm³/mol. The van der Waals surface area contributed by atoms with Gasteiger partial charge in [-0.25, -0.2) is 4.79 Å². The molecular formula is C17H22N2O4. The van der Waals surface area contributed by atoms with Crippen LogP contribution in [0.3, 0.4) is 0 Å². The zero-order valence-corrected chi connectivity index (χ0v) is 13.3. The quantitative estimate of drug-likeness (QED) is 0.777. The second kappa shape index (κ2) is 6.68. The third-order valence-electron chi connectivity index (χ3n) is 4.26. The zero-order valence-electron chi connectivity index (χ0n) is 13.3. The van der Waals surface area contributed by atoms with E-state index in [1.54, 1.807) is 6.92 Å². The monoisotopic (exact) mass is 318 g/mol. The normalized spacial score (nSPS) is 20.2. The maximum absolute atomic E-state index is 12.0. The van der Waals surface area contributed by atoms with Gasteiger partial charge in [0.05, 0.1) is 19.8 Å². The highest BCUT2D eigenvalue weighted by atomic mass is 16.5. The number of carbonyl (C=O) groups excluding carboxylic acids is 2. The fourth-order valence-electron chi connectivity index (χ4n) is 2.99. The molecule has 2 fully saturated rings. The van der Waals surface area contributed by atoms with E-state index in [4.69, 9.17) is 9.47 Å². The highest BCUT2D eigenvalue weighted by Gasteiger charge is 2.49. The van der Waals surface area contributed by atoms with E-state index in [-0.39, 0.29) is 12.5 Å². The third-order valence-corrected chi connectivity index (χ3v) is 4.26. The number of esters is 1. The summed E-state index contributed by atoms with van der Waals surface area (Å²) in [6.07, 6.45) is 0. The van der Waals surface area contributed by atoms with Gasteiger partial charge in [-0.3, -0.25) is 9.69 Å². The molecule has 1 aromatic carbocycles. The molecule has 6 heteroatoms. The zero-order chi connectivity index (χ0) is 16.3. The van der Waals surface area contributed by atoms with E-state index < -0.39 is 12.0 Å². The van der Waals surface area contributed by atoms with Gasteiger partial charge in [0.15, 0.2) is 0 Å². The molecule has 1 amide bonds. The second-order valence-corrected chi connectivity index (χ2v) is 6.52. The lowest BCUT2D eigenvalue weighted by Gasteiger charge is -2.54. The maximum atomic E-state index is 12.0. The standard InChI is InChI=1S/C17H22N2O4/c1-13(16(21)23-8-14-5-3-2-4-6-14)18-15(20)7-19-9-17(10-19)11-22-12-17/h2-6,13H,7-12H2,1H3,(H,18,20)/t13-/m0/s1. The molecule has 1 spiro atoms. The molecular weight excluding hydrogens is 296 g/mol. The summed E-state index contributed by atoms with van der Waals surface area (Å²) < 4.78 is 10.4. The van der Waals surface area contributed by atoms with Gasteiger partial charge in [0, 0.05) is 18.5 Å². The minimum Gasteiger partial charge on any atom is -0.459 e. The minimum absolute atomic E-state index is 0.149. The third kappa shape index (κ3) is 3.89. The van der Waals surface area contributed by atoms with Crippen molar-refractivity contribution in [1.29, 1.82) is 0 Å². The Morgan fingerprint density at radius 2 is 2.00 bits per heavy atom. The van der Waals surface area contributed by atoms with E-state index in [0.717, 1.165) is 31.9 Å². The summed E-state index contributed by atoms with van der Waals surface area (Å²) in [6, 6.07) is 8.82. The summed E-state index contributed by atoms with van der Waals surface area (Å²) in [7, 11) is 0. The lowest BCUT2D eigenvalue weighted by atomic mass is 9.78. The number of hydrogen-bond acceptors (Lipinski definition) is 5. The average molecular weight is 318 g/mol. The Kier molecular flexibility index (Phi) is 4.63. The first-order valence-corrected chi connectivity index (χ1v) is 7.86. The molecule has 1 atom stereocenters. The lowest BCUT2D eigenvalue weighted by molar-refractivity contribution is -0.189. The molecule has 0 unspecified atom stereocenters. The summed E-state index contributed by atoms with van der Waals surface area (Å²) >= 11 is 0. The van der Waals surface area contributed by atoms with Crippen molar-refractivity contribution in [3.63, 3.8) is 0 Å². The summed E-state index contributed by atoms with van der Waals surface area (Å²) in [5.74, 6) is -0.570. The molecule has 124 valence electrons. The van der Waals surface area contributed by atoms with Gasteiger partial charge in [-0.15, -0.1) is 0 Å². The van der Waals surface area contributed by atoms with Crippen molar-refractivity contribution in [1.82, 2.24) is 10.2 Å². The molecule has 1 N–H and O–H groups in total. The van der Waals surface area contributed by atoms with Crippen molar-refractivity contribution in [2.24, 2.45) is 5.41 Å². The number of ether oxygens (including phenoxy) is 2. The lowest BCUT2D eigenvalue weighted by Crippen LogP contribution is -2.67. The van der Waals surface area contributed by atoms with E-state index in [1.807, 2.05) is 30.3 Å². The van der Waals surface area contributed by atoms with Crippen molar-refractivity contribution in [2.45, 2.75) is 19.6 Å². The summed E-state index contributed by atoms with van der Waals surface area (Å²) in [5, 5.41) is 2.69. The van der Waals surface area contributed by atoms with Crippen molar-refractivity contribution < 1.29 is 19.1 Å². The molecule has 23 heavy (non-hydrogen) atoms. The molecule has 6 nitrogen and oxygen atoms in total. The molecule has 0 saturated carbocycles. The van der Waals surface area contributed by atoms with Crippen LogP contribution in [0.15, 0.2) is 30.3 Å². The number of likely N-dealkylation sites (tertiary alicyclic amines) is 1. The number of carbonyl (C=O) groups is 2. The number of nitrogens with zero attached hydrogens (tertiary/aromatic N) is 1. The Labute approximate surface area is 135 Å². The first-order valence-electron chi connectivity index (χ1n) is 7.86. The number of nitrogens with one attached hydrogen (secondary N) is 1. The molecule has 2 heterocycles. The van der Waals surface area contributed by atoms with E-state index >= 15 is 0 Å². The molecule has 0 bridgehead atoms. The maximum Gasteiger partial charge on any atom is 0.328 e. The van der Waals surface area contributed by atoms with Gasteiger partial charge in [-0.2, -0.15) is 0 Å². The summed E-state index contributed by atoms with van der Waals surface area (Å²) in [5.41, 5.74) is 1.22. The molecule has 3 rings (SSSR count). The number of rotatable bonds is 6. The van der Waals surface area contributed by atoms with Gasteiger partial charge in [0.25, 0.3) is 0 Å². The first-order chi connectivity index (χ1) is 11.1.